The van der Waals surface area contributed by atoms with Gasteiger partial charge in [-0.2, -0.15) is 0 Å². The predicted molar refractivity (Wildman–Crippen MR) is 130 cm³/mol. The molecule has 1 saturated heterocycles. The fraction of sp³-hybridized carbons (Fsp3) is 0.360. The van der Waals surface area contributed by atoms with Crippen LogP contribution in [-0.4, -0.2) is 75.1 Å². The minimum Gasteiger partial charge on any atom is -0.507 e. The second kappa shape index (κ2) is 10.8. The van der Waals surface area contributed by atoms with Gasteiger partial charge in [0.1, 0.15) is 11.5 Å². The van der Waals surface area contributed by atoms with Crippen molar-refractivity contribution in [2.45, 2.75) is 12.5 Å². The Bertz CT molecular complexity index is 1110. The standard InChI is InChI=1S/C25H29ClN2O6/c1-27(2)12-7-13-28-21(16-8-6-9-19(33-4)24(16)34-5)20(23(30)25(28)31)22(29)15-10-11-18(32-3)17(26)14-15/h6,8-11,14,21,29H,7,12-13H2,1-5H3/t21-/m1/s1. The third kappa shape index (κ3) is 4.83. The van der Waals surface area contributed by atoms with Gasteiger partial charge in [0.05, 0.1) is 38.0 Å². The summed E-state index contributed by atoms with van der Waals surface area (Å²) in [6.07, 6.45) is 0.636. The maximum absolute atomic E-state index is 13.2. The molecule has 0 aliphatic carbocycles. The first-order chi connectivity index (χ1) is 16.2. The van der Waals surface area contributed by atoms with E-state index in [9.17, 15) is 14.7 Å². The van der Waals surface area contributed by atoms with E-state index in [1.54, 1.807) is 30.3 Å². The van der Waals surface area contributed by atoms with Crippen LogP contribution in [0.25, 0.3) is 5.76 Å². The SMILES string of the molecule is COc1ccc(C(O)=C2C(=O)C(=O)N(CCCN(C)C)[C@@H]2c2cccc(OC)c2OC)cc1Cl. The zero-order valence-electron chi connectivity index (χ0n) is 19.9. The number of likely N-dealkylation sites (tertiary alicyclic amines) is 1. The first-order valence-electron chi connectivity index (χ1n) is 10.7. The molecule has 0 spiro atoms. The van der Waals surface area contributed by atoms with E-state index < -0.39 is 17.7 Å². The smallest absolute Gasteiger partial charge is 0.295 e. The van der Waals surface area contributed by atoms with Crippen molar-refractivity contribution in [3.05, 3.63) is 58.1 Å². The minimum atomic E-state index is -0.868. The number of carbonyl (C=O) groups is 2. The molecule has 0 aromatic heterocycles. The van der Waals surface area contributed by atoms with E-state index in [0.717, 1.165) is 6.54 Å². The molecule has 0 radical (unpaired) electrons. The Morgan fingerprint density at radius 2 is 1.76 bits per heavy atom. The van der Waals surface area contributed by atoms with Crippen molar-refractivity contribution in [1.29, 1.82) is 0 Å². The monoisotopic (exact) mass is 488 g/mol. The van der Waals surface area contributed by atoms with Gasteiger partial charge in [-0.3, -0.25) is 9.59 Å². The Morgan fingerprint density at radius 1 is 1.06 bits per heavy atom. The van der Waals surface area contributed by atoms with E-state index in [1.165, 1.54) is 32.3 Å². The van der Waals surface area contributed by atoms with Crippen LogP contribution in [-0.2, 0) is 9.59 Å². The zero-order chi connectivity index (χ0) is 25.0. The lowest BCUT2D eigenvalue weighted by Gasteiger charge is -2.27. The Morgan fingerprint density at radius 3 is 2.35 bits per heavy atom. The molecule has 182 valence electrons. The summed E-state index contributed by atoms with van der Waals surface area (Å²) in [5.41, 5.74) is 0.790. The maximum atomic E-state index is 13.2. The Kier molecular flexibility index (Phi) is 8.06. The molecule has 9 heteroatoms. The number of aliphatic hydroxyl groups excluding tert-OH is 1. The van der Waals surface area contributed by atoms with Crippen LogP contribution in [0.3, 0.4) is 0 Å². The molecule has 0 bridgehead atoms. The number of carbonyl (C=O) groups excluding carboxylic acids is 2. The highest BCUT2D eigenvalue weighted by Gasteiger charge is 2.47. The third-order valence-corrected chi connectivity index (χ3v) is 5.99. The van der Waals surface area contributed by atoms with Gasteiger partial charge in [-0.05, 0) is 51.3 Å². The Hall–Kier alpha value is -3.23. The number of ether oxygens (including phenoxy) is 3. The summed E-state index contributed by atoms with van der Waals surface area (Å²) in [6, 6.07) is 9.03. The second-order valence-corrected chi connectivity index (χ2v) is 8.49. The van der Waals surface area contributed by atoms with E-state index in [2.05, 4.69) is 0 Å². The van der Waals surface area contributed by atoms with Crippen molar-refractivity contribution < 1.29 is 28.9 Å². The molecule has 2 aromatic rings. The number of benzene rings is 2. The lowest BCUT2D eigenvalue weighted by molar-refractivity contribution is -0.140. The molecule has 1 atom stereocenters. The fourth-order valence-corrected chi connectivity index (χ4v) is 4.35. The summed E-state index contributed by atoms with van der Waals surface area (Å²) in [6.45, 7) is 1.03. The van der Waals surface area contributed by atoms with Crippen LogP contribution in [0, 0.1) is 0 Å². The number of halogens is 1. The lowest BCUT2D eigenvalue weighted by Crippen LogP contribution is -2.32. The predicted octanol–water partition coefficient (Wildman–Crippen LogP) is 3.74. The number of para-hydroxylation sites is 1. The molecule has 1 heterocycles. The Labute approximate surface area is 204 Å². The average molecular weight is 489 g/mol. The molecule has 0 unspecified atom stereocenters. The largest absolute Gasteiger partial charge is 0.507 e. The van der Waals surface area contributed by atoms with Crippen LogP contribution in [0.5, 0.6) is 17.2 Å². The number of ketones is 1. The van der Waals surface area contributed by atoms with Crippen LogP contribution in [0.2, 0.25) is 5.02 Å². The highest BCUT2D eigenvalue weighted by Crippen LogP contribution is 2.45. The number of hydrogen-bond donors (Lipinski definition) is 1. The number of methoxy groups -OCH3 is 3. The molecule has 2 aromatic carbocycles. The van der Waals surface area contributed by atoms with Crippen molar-refractivity contribution in [2.24, 2.45) is 0 Å². The number of aliphatic hydroxyl groups is 1. The van der Waals surface area contributed by atoms with E-state index in [4.69, 9.17) is 25.8 Å². The topological polar surface area (TPSA) is 88.5 Å². The van der Waals surface area contributed by atoms with Crippen molar-refractivity contribution in [3.63, 3.8) is 0 Å². The molecule has 34 heavy (non-hydrogen) atoms. The first-order valence-corrected chi connectivity index (χ1v) is 11.1. The van der Waals surface area contributed by atoms with Gasteiger partial charge >= 0.3 is 0 Å². The van der Waals surface area contributed by atoms with Gasteiger partial charge in [-0.25, -0.2) is 0 Å². The van der Waals surface area contributed by atoms with Crippen LogP contribution < -0.4 is 14.2 Å². The highest BCUT2D eigenvalue weighted by molar-refractivity contribution is 6.46. The first kappa shape index (κ1) is 25.4. The molecule has 1 aliphatic heterocycles. The van der Waals surface area contributed by atoms with E-state index in [-0.39, 0.29) is 16.4 Å². The summed E-state index contributed by atoms with van der Waals surface area (Å²) in [5.74, 6) is -0.528. The lowest BCUT2D eigenvalue weighted by atomic mass is 9.94. The highest BCUT2D eigenvalue weighted by atomic mass is 35.5. The number of rotatable bonds is 9. The fourth-order valence-electron chi connectivity index (χ4n) is 4.09. The van der Waals surface area contributed by atoms with Gasteiger partial charge < -0.3 is 29.1 Å². The normalized spacial score (nSPS) is 17.4. The van der Waals surface area contributed by atoms with Crippen LogP contribution in [0.1, 0.15) is 23.6 Å². The Balaban J connectivity index is 2.21. The van der Waals surface area contributed by atoms with Gasteiger partial charge in [0.25, 0.3) is 11.7 Å². The molecule has 0 saturated carbocycles. The zero-order valence-corrected chi connectivity index (χ0v) is 20.7. The summed E-state index contributed by atoms with van der Waals surface area (Å²) in [4.78, 5) is 29.8. The minimum absolute atomic E-state index is 0.0392. The maximum Gasteiger partial charge on any atom is 0.295 e. The number of nitrogens with zero attached hydrogens (tertiary/aromatic N) is 2. The van der Waals surface area contributed by atoms with Crippen molar-refractivity contribution in [1.82, 2.24) is 9.80 Å². The average Bonchev–Trinajstić information content (AvgIpc) is 3.07. The van der Waals surface area contributed by atoms with E-state index in [0.29, 0.717) is 41.3 Å². The van der Waals surface area contributed by atoms with Crippen LogP contribution in [0.4, 0.5) is 0 Å². The molecule has 1 N–H and O–H groups in total. The van der Waals surface area contributed by atoms with Crippen molar-refractivity contribution in [3.8, 4) is 17.2 Å². The van der Waals surface area contributed by atoms with Gasteiger partial charge in [-0.1, -0.05) is 23.7 Å². The van der Waals surface area contributed by atoms with Gasteiger partial charge in [0.2, 0.25) is 0 Å². The number of amides is 1. The van der Waals surface area contributed by atoms with Crippen LogP contribution >= 0.6 is 11.6 Å². The quantitative estimate of drug-likeness (QED) is 0.327. The van der Waals surface area contributed by atoms with Gasteiger partial charge in [0, 0.05) is 17.7 Å². The third-order valence-electron chi connectivity index (χ3n) is 5.70. The molecular formula is C25H29ClN2O6. The molecule has 1 aliphatic rings. The summed E-state index contributed by atoms with van der Waals surface area (Å²) in [5, 5.41) is 11.5. The molecule has 3 rings (SSSR count). The molecular weight excluding hydrogens is 460 g/mol. The van der Waals surface area contributed by atoms with Gasteiger partial charge in [-0.15, -0.1) is 0 Å². The van der Waals surface area contributed by atoms with Crippen molar-refractivity contribution in [2.75, 3.05) is 48.5 Å². The van der Waals surface area contributed by atoms with Gasteiger partial charge in [0.15, 0.2) is 11.5 Å². The van der Waals surface area contributed by atoms with E-state index >= 15 is 0 Å². The van der Waals surface area contributed by atoms with Crippen LogP contribution in [0.15, 0.2) is 42.0 Å². The molecule has 1 amide bonds. The number of hydrogen-bond acceptors (Lipinski definition) is 7. The summed E-state index contributed by atoms with van der Waals surface area (Å²) < 4.78 is 16.2. The summed E-state index contributed by atoms with van der Waals surface area (Å²) >= 11 is 6.25. The molecule has 1 fully saturated rings. The molecule has 8 nitrogen and oxygen atoms in total. The summed E-state index contributed by atoms with van der Waals surface area (Å²) in [7, 11) is 8.35. The number of Topliss-reactive ketones (excluding diaryl/α,β-unsaturated/α-hetero) is 1. The van der Waals surface area contributed by atoms with Crippen molar-refractivity contribution >= 4 is 29.1 Å². The van der Waals surface area contributed by atoms with E-state index in [1.807, 2.05) is 19.0 Å². The second-order valence-electron chi connectivity index (χ2n) is 8.08.